The van der Waals surface area contributed by atoms with Crippen molar-refractivity contribution >= 4 is 26.9 Å². The predicted molar refractivity (Wildman–Crippen MR) is 76.7 cm³/mol. The van der Waals surface area contributed by atoms with Gasteiger partial charge in [0.2, 0.25) is 0 Å². The molecule has 2 aromatic carbocycles. The molecule has 0 aliphatic rings. The Morgan fingerprint density at radius 2 is 1.50 bits per heavy atom. The molecule has 1 unspecified atom stereocenters. The number of hydrogen-bond donors (Lipinski definition) is 0. The molecular weight excluding hydrogens is 233 g/mol. The molecule has 85 valence electrons. The second kappa shape index (κ2) is 8.44. The van der Waals surface area contributed by atoms with Gasteiger partial charge in [-0.3, -0.25) is 0 Å². The smallest absolute Gasteiger partial charge is 0.496 e. The fourth-order valence-electron chi connectivity index (χ4n) is 1.60. The second-order valence-electron chi connectivity index (χ2n) is 3.44. The number of para-hydroxylation sites is 1. The van der Waals surface area contributed by atoms with E-state index >= 15 is 0 Å². The third kappa shape index (κ3) is 3.92. The molecule has 2 aromatic rings. The van der Waals surface area contributed by atoms with Crippen LogP contribution in [0.4, 0.5) is 0 Å². The predicted octanol–water partition coefficient (Wildman–Crippen LogP) is -0.457. The van der Waals surface area contributed by atoms with E-state index in [1.54, 1.807) is 7.11 Å². The van der Waals surface area contributed by atoms with E-state index in [9.17, 15) is 0 Å². The minimum atomic E-state index is -0.572. The van der Waals surface area contributed by atoms with E-state index in [0.717, 1.165) is 5.75 Å². The summed E-state index contributed by atoms with van der Waals surface area (Å²) in [7, 11) is 1.13. The molecule has 1 atom stereocenters. The molecule has 0 bridgehead atoms. The SMILES string of the molecule is [B].[CH2-]P(c1ccccc1)c1ccccc1OC.[Li+]. The maximum absolute atomic E-state index is 5.36. The average Bonchev–Trinajstić information content (AvgIpc) is 2.39. The topological polar surface area (TPSA) is 9.23 Å². The first-order valence-corrected chi connectivity index (χ1v) is 6.64. The van der Waals surface area contributed by atoms with Gasteiger partial charge in [-0.15, -0.1) is 0 Å². The number of hydrogen-bond acceptors (Lipinski definition) is 1. The van der Waals surface area contributed by atoms with Gasteiger partial charge in [0.05, 0.1) is 7.11 Å². The van der Waals surface area contributed by atoms with Crippen LogP contribution in [-0.4, -0.2) is 15.5 Å². The molecule has 4 heteroatoms. The minimum absolute atomic E-state index is 0. The van der Waals surface area contributed by atoms with E-state index in [1.165, 1.54) is 10.6 Å². The zero-order valence-electron chi connectivity index (χ0n) is 10.8. The van der Waals surface area contributed by atoms with Gasteiger partial charge in [0, 0.05) is 8.41 Å². The van der Waals surface area contributed by atoms with Crippen molar-refractivity contribution in [3.8, 4) is 5.75 Å². The molecule has 0 spiro atoms. The van der Waals surface area contributed by atoms with Crippen molar-refractivity contribution in [2.24, 2.45) is 0 Å². The fourth-order valence-corrected chi connectivity index (χ4v) is 3.11. The first kappa shape index (κ1) is 17.3. The summed E-state index contributed by atoms with van der Waals surface area (Å²) in [6.07, 6.45) is 0. The summed E-state index contributed by atoms with van der Waals surface area (Å²) in [4.78, 5) is 0. The van der Waals surface area contributed by atoms with E-state index in [4.69, 9.17) is 4.74 Å². The molecule has 0 fully saturated rings. The van der Waals surface area contributed by atoms with Crippen LogP contribution in [0.3, 0.4) is 0 Å². The summed E-state index contributed by atoms with van der Waals surface area (Å²) in [6, 6.07) is 18.4. The minimum Gasteiger partial charge on any atom is -0.496 e. The summed E-state index contributed by atoms with van der Waals surface area (Å²) < 4.78 is 5.36. The van der Waals surface area contributed by atoms with Crippen molar-refractivity contribution in [2.75, 3.05) is 7.11 Å². The van der Waals surface area contributed by atoms with Gasteiger partial charge in [0.25, 0.3) is 0 Å². The van der Waals surface area contributed by atoms with Crippen molar-refractivity contribution in [3.63, 3.8) is 0 Å². The molecular formula is C14H14BLiOP. The summed E-state index contributed by atoms with van der Waals surface area (Å²) in [5, 5.41) is 2.45. The zero-order chi connectivity index (χ0) is 11.4. The van der Waals surface area contributed by atoms with Gasteiger partial charge >= 0.3 is 18.9 Å². The van der Waals surface area contributed by atoms with E-state index in [0.29, 0.717) is 0 Å². The van der Waals surface area contributed by atoms with E-state index < -0.39 is 7.92 Å². The average molecular weight is 247 g/mol. The van der Waals surface area contributed by atoms with Crippen molar-refractivity contribution in [1.29, 1.82) is 0 Å². The Morgan fingerprint density at radius 1 is 0.944 bits per heavy atom. The van der Waals surface area contributed by atoms with E-state index in [2.05, 4.69) is 24.9 Å². The van der Waals surface area contributed by atoms with Crippen LogP contribution in [0.5, 0.6) is 5.75 Å². The Kier molecular flexibility index (Phi) is 8.12. The Balaban J connectivity index is 0.00000144. The molecule has 0 aliphatic heterocycles. The Bertz CT molecular complexity index is 464. The van der Waals surface area contributed by atoms with Crippen LogP contribution in [0, 0.1) is 6.66 Å². The fraction of sp³-hybridized carbons (Fsp3) is 0.0714. The quantitative estimate of drug-likeness (QED) is 0.405. The first-order chi connectivity index (χ1) is 7.83. The summed E-state index contributed by atoms with van der Waals surface area (Å²) in [5.74, 6) is 0.924. The standard InChI is InChI=1S/C14H14OP.B.Li/c1-15-13-10-6-7-11-14(13)16(2)12-8-4-3-5-9-12;;/h3-11H,2H2,1H3;;/q-1;;+1. The van der Waals surface area contributed by atoms with Gasteiger partial charge < -0.3 is 11.4 Å². The Morgan fingerprint density at radius 3 is 2.11 bits per heavy atom. The van der Waals surface area contributed by atoms with Gasteiger partial charge in [-0.1, -0.05) is 53.8 Å². The second-order valence-corrected chi connectivity index (χ2v) is 5.29. The van der Waals surface area contributed by atoms with E-state index in [1.807, 2.05) is 36.4 Å². The van der Waals surface area contributed by atoms with Crippen LogP contribution >= 0.6 is 7.92 Å². The van der Waals surface area contributed by atoms with Crippen molar-refractivity contribution in [3.05, 3.63) is 61.3 Å². The third-order valence-electron chi connectivity index (χ3n) is 2.44. The molecule has 0 aliphatic carbocycles. The van der Waals surface area contributed by atoms with Crippen LogP contribution in [0.1, 0.15) is 0 Å². The molecule has 3 radical (unpaired) electrons. The monoisotopic (exact) mass is 247 g/mol. The van der Waals surface area contributed by atoms with Crippen LogP contribution in [0.2, 0.25) is 0 Å². The summed E-state index contributed by atoms with van der Waals surface area (Å²) >= 11 is 0. The van der Waals surface area contributed by atoms with E-state index in [-0.39, 0.29) is 27.3 Å². The molecule has 0 heterocycles. The van der Waals surface area contributed by atoms with Crippen molar-refractivity contribution < 1.29 is 23.6 Å². The number of benzene rings is 2. The molecule has 0 amide bonds. The Labute approximate surface area is 124 Å². The Hall–Kier alpha value is -0.668. The molecule has 2 rings (SSSR count). The van der Waals surface area contributed by atoms with Gasteiger partial charge in [0.15, 0.2) is 0 Å². The summed E-state index contributed by atoms with van der Waals surface area (Å²) in [6.45, 7) is 4.27. The maximum atomic E-state index is 5.36. The molecule has 18 heavy (non-hydrogen) atoms. The maximum Gasteiger partial charge on any atom is 1.00 e. The largest absolute Gasteiger partial charge is 1.00 e. The molecule has 0 saturated heterocycles. The number of methoxy groups -OCH3 is 1. The normalized spacial score (nSPS) is 10.8. The first-order valence-electron chi connectivity index (χ1n) is 5.11. The number of rotatable bonds is 3. The summed E-state index contributed by atoms with van der Waals surface area (Å²) in [5.41, 5.74) is 0. The van der Waals surface area contributed by atoms with Gasteiger partial charge in [-0.25, -0.2) is 7.92 Å². The zero-order valence-corrected chi connectivity index (χ0v) is 11.7. The van der Waals surface area contributed by atoms with Crippen LogP contribution in [-0.2, 0) is 0 Å². The van der Waals surface area contributed by atoms with Gasteiger partial charge in [0.1, 0.15) is 5.75 Å². The van der Waals surface area contributed by atoms with Gasteiger partial charge in [-0.2, -0.15) is 0 Å². The van der Waals surface area contributed by atoms with Crippen LogP contribution < -0.4 is 34.2 Å². The van der Waals surface area contributed by atoms with Crippen LogP contribution in [0.15, 0.2) is 54.6 Å². The van der Waals surface area contributed by atoms with Gasteiger partial charge in [-0.05, 0) is 11.4 Å². The molecule has 0 saturated carbocycles. The number of ether oxygens (including phenoxy) is 1. The third-order valence-corrected chi connectivity index (χ3v) is 4.32. The molecule has 0 N–H and O–H groups in total. The van der Waals surface area contributed by atoms with Crippen molar-refractivity contribution in [1.82, 2.24) is 0 Å². The molecule has 1 nitrogen and oxygen atoms in total. The molecule has 0 aromatic heterocycles. The van der Waals surface area contributed by atoms with Crippen LogP contribution in [0.25, 0.3) is 0 Å². The van der Waals surface area contributed by atoms with Crippen molar-refractivity contribution in [2.45, 2.75) is 0 Å².